The zero-order valence-corrected chi connectivity index (χ0v) is 20.5. The second-order valence-corrected chi connectivity index (χ2v) is 9.04. The fourth-order valence-corrected chi connectivity index (χ4v) is 4.11. The van der Waals surface area contributed by atoms with E-state index in [0.717, 1.165) is 21.7 Å². The number of carbonyl (C=O) groups excluding carboxylic acids is 4. The van der Waals surface area contributed by atoms with Crippen LogP contribution in [0, 0.1) is 0 Å². The van der Waals surface area contributed by atoms with Crippen LogP contribution in [-0.2, 0) is 38.4 Å². The standard InChI is InChI=1S/C27H27NO6S/c1-18(29)33-25-14-9-21(16-26(25)34-19(2)30)8-13-23(31)12-7-20-5-10-22(11-6-20)28-27(32)17-24-4-3-15-35-24/h3-6,9-11,14-16H,7-8,12-13,17H2,1-2H3,(H,28,32). The van der Waals surface area contributed by atoms with Crippen molar-refractivity contribution in [2.75, 3.05) is 5.32 Å². The first-order chi connectivity index (χ1) is 16.8. The van der Waals surface area contributed by atoms with Crippen molar-refractivity contribution in [3.8, 4) is 11.5 Å². The lowest BCUT2D eigenvalue weighted by atomic mass is 10.0. The topological polar surface area (TPSA) is 98.8 Å². The van der Waals surface area contributed by atoms with Gasteiger partial charge in [-0.15, -0.1) is 11.3 Å². The first kappa shape index (κ1) is 25.8. The van der Waals surface area contributed by atoms with Crippen LogP contribution in [0.3, 0.4) is 0 Å². The van der Waals surface area contributed by atoms with E-state index in [9.17, 15) is 19.2 Å². The summed E-state index contributed by atoms with van der Waals surface area (Å²) >= 11 is 1.55. The number of carbonyl (C=O) groups is 4. The van der Waals surface area contributed by atoms with Gasteiger partial charge in [0.05, 0.1) is 6.42 Å². The fourth-order valence-electron chi connectivity index (χ4n) is 3.41. The van der Waals surface area contributed by atoms with E-state index in [1.165, 1.54) is 13.8 Å². The third-order valence-electron chi connectivity index (χ3n) is 5.05. The van der Waals surface area contributed by atoms with Gasteiger partial charge in [-0.1, -0.05) is 24.3 Å². The number of thiophene rings is 1. The minimum Gasteiger partial charge on any atom is -0.423 e. The largest absolute Gasteiger partial charge is 0.423 e. The van der Waals surface area contributed by atoms with Crippen molar-refractivity contribution < 1.29 is 28.7 Å². The maximum Gasteiger partial charge on any atom is 0.308 e. The fraction of sp³-hybridized carbons (Fsp3) is 0.259. The van der Waals surface area contributed by atoms with Crippen LogP contribution < -0.4 is 14.8 Å². The molecule has 182 valence electrons. The summed E-state index contributed by atoms with van der Waals surface area (Å²) in [7, 11) is 0. The number of benzene rings is 2. The summed E-state index contributed by atoms with van der Waals surface area (Å²) in [5.41, 5.74) is 2.54. The van der Waals surface area contributed by atoms with Crippen LogP contribution >= 0.6 is 11.3 Å². The van der Waals surface area contributed by atoms with Crippen LogP contribution in [0.25, 0.3) is 0 Å². The summed E-state index contributed by atoms with van der Waals surface area (Å²) in [5.74, 6) is -0.687. The average molecular weight is 494 g/mol. The third-order valence-corrected chi connectivity index (χ3v) is 5.93. The highest BCUT2D eigenvalue weighted by Gasteiger charge is 2.12. The van der Waals surface area contributed by atoms with Gasteiger partial charge in [-0.25, -0.2) is 0 Å². The van der Waals surface area contributed by atoms with Crippen molar-refractivity contribution >= 4 is 40.7 Å². The van der Waals surface area contributed by atoms with E-state index in [0.29, 0.717) is 32.1 Å². The number of rotatable bonds is 11. The molecule has 8 heteroatoms. The number of ether oxygens (including phenoxy) is 2. The maximum absolute atomic E-state index is 12.4. The molecule has 3 aromatic rings. The maximum atomic E-state index is 12.4. The summed E-state index contributed by atoms with van der Waals surface area (Å²) < 4.78 is 10.2. The van der Waals surface area contributed by atoms with Crippen LogP contribution in [0.1, 0.15) is 42.7 Å². The van der Waals surface area contributed by atoms with E-state index in [-0.39, 0.29) is 23.2 Å². The van der Waals surface area contributed by atoms with Gasteiger partial charge in [0.1, 0.15) is 5.78 Å². The number of amides is 1. The molecule has 35 heavy (non-hydrogen) atoms. The molecule has 1 heterocycles. The number of ketones is 1. The molecule has 0 fully saturated rings. The van der Waals surface area contributed by atoms with Crippen LogP contribution in [-0.4, -0.2) is 23.6 Å². The Hall–Kier alpha value is -3.78. The number of anilines is 1. The van der Waals surface area contributed by atoms with E-state index < -0.39 is 11.9 Å². The lowest BCUT2D eigenvalue weighted by molar-refractivity contribution is -0.134. The van der Waals surface area contributed by atoms with Gasteiger partial charge >= 0.3 is 11.9 Å². The molecule has 0 saturated carbocycles. The molecule has 1 aromatic heterocycles. The Morgan fingerprint density at radius 2 is 1.43 bits per heavy atom. The lowest BCUT2D eigenvalue weighted by Crippen LogP contribution is -2.13. The molecule has 3 rings (SSSR count). The van der Waals surface area contributed by atoms with E-state index in [2.05, 4.69) is 5.32 Å². The molecule has 0 aliphatic carbocycles. The van der Waals surface area contributed by atoms with Gasteiger partial charge in [-0.2, -0.15) is 0 Å². The second-order valence-electron chi connectivity index (χ2n) is 8.01. The molecule has 0 radical (unpaired) electrons. The zero-order chi connectivity index (χ0) is 25.2. The minimum absolute atomic E-state index is 0.0619. The van der Waals surface area contributed by atoms with Crippen molar-refractivity contribution in [2.45, 2.75) is 46.0 Å². The molecule has 0 aliphatic rings. The average Bonchev–Trinajstić information content (AvgIpc) is 3.31. The lowest BCUT2D eigenvalue weighted by Gasteiger charge is -2.10. The van der Waals surface area contributed by atoms with Crippen molar-refractivity contribution in [3.63, 3.8) is 0 Å². The Morgan fingerprint density at radius 1 is 0.800 bits per heavy atom. The minimum atomic E-state index is -0.528. The zero-order valence-electron chi connectivity index (χ0n) is 19.7. The third kappa shape index (κ3) is 8.83. The Bertz CT molecular complexity index is 1180. The van der Waals surface area contributed by atoms with Crippen LogP contribution in [0.15, 0.2) is 60.0 Å². The molecule has 0 unspecified atom stereocenters. The summed E-state index contributed by atoms with van der Waals surface area (Å²) in [6.07, 6.45) is 2.16. The Kier molecular flexibility index (Phi) is 9.31. The molecule has 0 bridgehead atoms. The molecule has 1 N–H and O–H groups in total. The molecular formula is C27H27NO6S. The van der Waals surface area contributed by atoms with Gasteiger partial charge < -0.3 is 14.8 Å². The normalized spacial score (nSPS) is 10.5. The predicted molar refractivity (Wildman–Crippen MR) is 134 cm³/mol. The monoisotopic (exact) mass is 493 g/mol. The number of aryl methyl sites for hydroxylation is 2. The van der Waals surface area contributed by atoms with E-state index in [1.54, 1.807) is 29.5 Å². The van der Waals surface area contributed by atoms with Crippen LogP contribution in [0.4, 0.5) is 5.69 Å². The number of nitrogens with one attached hydrogen (secondary N) is 1. The molecule has 0 saturated heterocycles. The van der Waals surface area contributed by atoms with E-state index in [1.807, 2.05) is 41.8 Å². The molecule has 0 spiro atoms. The molecule has 0 aliphatic heterocycles. The molecule has 0 atom stereocenters. The molecule has 2 aromatic carbocycles. The molecule has 7 nitrogen and oxygen atoms in total. The summed E-state index contributed by atoms with van der Waals surface area (Å²) in [6.45, 7) is 2.53. The predicted octanol–water partition coefficient (Wildman–Crippen LogP) is 4.91. The van der Waals surface area contributed by atoms with Crippen molar-refractivity contribution in [3.05, 3.63) is 76.0 Å². The van der Waals surface area contributed by atoms with Gasteiger partial charge in [0.25, 0.3) is 0 Å². The van der Waals surface area contributed by atoms with Gasteiger partial charge in [-0.05, 0) is 59.7 Å². The highest BCUT2D eigenvalue weighted by Crippen LogP contribution is 2.29. The first-order valence-corrected chi connectivity index (χ1v) is 12.1. The van der Waals surface area contributed by atoms with Crippen molar-refractivity contribution in [1.29, 1.82) is 0 Å². The SMILES string of the molecule is CC(=O)Oc1ccc(CCC(=O)CCc2ccc(NC(=O)Cc3cccs3)cc2)cc1OC(C)=O. The molecule has 1 amide bonds. The van der Waals surface area contributed by atoms with Gasteiger partial charge in [0.2, 0.25) is 5.91 Å². The van der Waals surface area contributed by atoms with Crippen LogP contribution in [0.2, 0.25) is 0 Å². The van der Waals surface area contributed by atoms with Crippen LogP contribution in [0.5, 0.6) is 11.5 Å². The first-order valence-electron chi connectivity index (χ1n) is 11.2. The van der Waals surface area contributed by atoms with Gasteiger partial charge in [0.15, 0.2) is 11.5 Å². The second kappa shape index (κ2) is 12.6. The van der Waals surface area contributed by atoms with E-state index in [4.69, 9.17) is 9.47 Å². The number of hydrogen-bond acceptors (Lipinski definition) is 7. The summed E-state index contributed by atoms with van der Waals surface area (Å²) in [5, 5.41) is 4.83. The van der Waals surface area contributed by atoms with Crippen molar-refractivity contribution in [1.82, 2.24) is 0 Å². The Balaban J connectivity index is 1.46. The number of hydrogen-bond donors (Lipinski definition) is 1. The smallest absolute Gasteiger partial charge is 0.308 e. The van der Waals surface area contributed by atoms with E-state index >= 15 is 0 Å². The highest BCUT2D eigenvalue weighted by atomic mass is 32.1. The Morgan fingerprint density at radius 3 is 2.06 bits per heavy atom. The summed E-state index contributed by atoms with van der Waals surface area (Å²) in [6, 6.07) is 16.3. The molecular weight excluding hydrogens is 466 g/mol. The number of esters is 2. The quantitative estimate of drug-likeness (QED) is 0.301. The van der Waals surface area contributed by atoms with Gasteiger partial charge in [-0.3, -0.25) is 19.2 Å². The van der Waals surface area contributed by atoms with Gasteiger partial charge in [0, 0.05) is 37.3 Å². The number of Topliss-reactive ketones (excluding diaryl/α,β-unsaturated/α-hetero) is 1. The Labute approximate surface area is 208 Å². The highest BCUT2D eigenvalue weighted by molar-refractivity contribution is 7.10. The van der Waals surface area contributed by atoms with Crippen molar-refractivity contribution in [2.24, 2.45) is 0 Å². The summed E-state index contributed by atoms with van der Waals surface area (Å²) in [4.78, 5) is 48.1.